The van der Waals surface area contributed by atoms with Gasteiger partial charge >= 0.3 is 5.97 Å². The first-order chi connectivity index (χ1) is 13.0. The predicted molar refractivity (Wildman–Crippen MR) is 107 cm³/mol. The molecule has 3 aromatic rings. The Kier molecular flexibility index (Phi) is 5.52. The van der Waals surface area contributed by atoms with Crippen LogP contribution in [0.25, 0.3) is 0 Å². The average molecular weight is 360 g/mol. The average Bonchev–Trinajstić information content (AvgIpc) is 2.66. The smallest absolute Gasteiger partial charge is 0.337 e. The summed E-state index contributed by atoms with van der Waals surface area (Å²) in [5.74, 6) is 0.534. The number of aromatic carboxylic acids is 1. The van der Waals surface area contributed by atoms with Gasteiger partial charge in [0.05, 0.1) is 17.5 Å². The molecular weight excluding hydrogens is 340 g/mol. The van der Waals surface area contributed by atoms with Gasteiger partial charge in [-0.2, -0.15) is 5.10 Å². The van der Waals surface area contributed by atoms with Gasteiger partial charge in [0.15, 0.2) is 0 Å². The Balaban J connectivity index is 1.64. The molecule has 0 aliphatic heterocycles. The fraction of sp³-hybridized carbons (Fsp3) is 0.0909. The van der Waals surface area contributed by atoms with Gasteiger partial charge in [-0.3, -0.25) is 5.43 Å². The standard InChI is InChI=1S/C22H20N2O3/c1-15-7-10-19(13-16(15)2)27-18-11-8-17(9-12-18)14-23-24-21-6-4-3-5-20(21)22(25)26/h3-14,24H,1-2H3,(H,25,26). The Hall–Kier alpha value is -3.60. The minimum Gasteiger partial charge on any atom is -0.478 e. The Morgan fingerprint density at radius 3 is 2.37 bits per heavy atom. The molecule has 0 atom stereocenters. The molecule has 0 saturated heterocycles. The van der Waals surface area contributed by atoms with E-state index in [0.29, 0.717) is 5.69 Å². The summed E-state index contributed by atoms with van der Waals surface area (Å²) in [7, 11) is 0. The number of aryl methyl sites for hydroxylation is 2. The molecule has 2 N–H and O–H groups in total. The highest BCUT2D eigenvalue weighted by atomic mass is 16.5. The van der Waals surface area contributed by atoms with Crippen LogP contribution in [0.2, 0.25) is 0 Å². The molecule has 0 unspecified atom stereocenters. The van der Waals surface area contributed by atoms with E-state index in [9.17, 15) is 4.79 Å². The largest absolute Gasteiger partial charge is 0.478 e. The molecule has 0 aromatic heterocycles. The summed E-state index contributed by atoms with van der Waals surface area (Å²) in [6, 6.07) is 20.1. The highest BCUT2D eigenvalue weighted by molar-refractivity contribution is 5.94. The number of carboxylic acids is 1. The van der Waals surface area contributed by atoms with Crippen LogP contribution >= 0.6 is 0 Å². The van der Waals surface area contributed by atoms with Crippen LogP contribution in [0, 0.1) is 13.8 Å². The minimum absolute atomic E-state index is 0.173. The van der Waals surface area contributed by atoms with Gasteiger partial charge in [0.1, 0.15) is 11.5 Å². The van der Waals surface area contributed by atoms with Gasteiger partial charge in [-0.05, 0) is 79.1 Å². The van der Waals surface area contributed by atoms with E-state index in [2.05, 4.69) is 24.4 Å². The molecule has 5 heteroatoms. The van der Waals surface area contributed by atoms with E-state index in [1.165, 1.54) is 17.2 Å². The Bertz CT molecular complexity index is 979. The van der Waals surface area contributed by atoms with E-state index >= 15 is 0 Å². The fourth-order valence-corrected chi connectivity index (χ4v) is 2.48. The van der Waals surface area contributed by atoms with Crippen molar-refractivity contribution in [2.24, 2.45) is 5.10 Å². The third-order valence-electron chi connectivity index (χ3n) is 4.15. The van der Waals surface area contributed by atoms with Gasteiger partial charge in [-0.25, -0.2) is 4.79 Å². The van der Waals surface area contributed by atoms with E-state index in [1.54, 1.807) is 24.4 Å². The summed E-state index contributed by atoms with van der Waals surface area (Å²) < 4.78 is 5.86. The van der Waals surface area contributed by atoms with Crippen molar-refractivity contribution in [3.63, 3.8) is 0 Å². The van der Waals surface area contributed by atoms with E-state index in [1.807, 2.05) is 42.5 Å². The third kappa shape index (κ3) is 4.73. The van der Waals surface area contributed by atoms with Crippen LogP contribution in [0.3, 0.4) is 0 Å². The number of hydrogen-bond donors (Lipinski definition) is 2. The second-order valence-corrected chi connectivity index (χ2v) is 6.14. The first kappa shape index (κ1) is 18.2. The highest BCUT2D eigenvalue weighted by Gasteiger charge is 2.07. The molecule has 0 spiro atoms. The Morgan fingerprint density at radius 2 is 1.67 bits per heavy atom. The van der Waals surface area contributed by atoms with Crippen LogP contribution in [0.5, 0.6) is 11.5 Å². The molecular formula is C22H20N2O3. The number of hydrogen-bond acceptors (Lipinski definition) is 4. The van der Waals surface area contributed by atoms with Crippen molar-refractivity contribution < 1.29 is 14.6 Å². The molecule has 0 fully saturated rings. The zero-order valence-electron chi connectivity index (χ0n) is 15.1. The fourth-order valence-electron chi connectivity index (χ4n) is 2.48. The molecule has 0 heterocycles. The molecule has 0 radical (unpaired) electrons. The SMILES string of the molecule is Cc1ccc(Oc2ccc(C=NNc3ccccc3C(=O)O)cc2)cc1C. The number of rotatable bonds is 6. The lowest BCUT2D eigenvalue weighted by Crippen LogP contribution is -2.02. The van der Waals surface area contributed by atoms with Crippen molar-refractivity contribution in [2.75, 3.05) is 5.43 Å². The van der Waals surface area contributed by atoms with Gasteiger partial charge in [-0.15, -0.1) is 0 Å². The number of anilines is 1. The zero-order chi connectivity index (χ0) is 19.2. The van der Waals surface area contributed by atoms with Gasteiger partial charge in [0.2, 0.25) is 0 Å². The molecule has 3 rings (SSSR count). The van der Waals surface area contributed by atoms with Gasteiger partial charge in [-0.1, -0.05) is 18.2 Å². The van der Waals surface area contributed by atoms with Crippen molar-refractivity contribution in [1.82, 2.24) is 0 Å². The van der Waals surface area contributed by atoms with Crippen molar-refractivity contribution in [1.29, 1.82) is 0 Å². The lowest BCUT2D eigenvalue weighted by atomic mass is 10.1. The number of hydrazone groups is 1. The summed E-state index contributed by atoms with van der Waals surface area (Å²) >= 11 is 0. The maximum Gasteiger partial charge on any atom is 0.337 e. The topological polar surface area (TPSA) is 70.9 Å². The third-order valence-corrected chi connectivity index (χ3v) is 4.15. The number of para-hydroxylation sites is 1. The molecule has 0 amide bonds. The number of carboxylic acid groups (broad SMARTS) is 1. The van der Waals surface area contributed by atoms with E-state index < -0.39 is 5.97 Å². The summed E-state index contributed by atoms with van der Waals surface area (Å²) in [5, 5.41) is 13.3. The molecule has 0 bridgehead atoms. The zero-order valence-corrected chi connectivity index (χ0v) is 15.1. The van der Waals surface area contributed by atoms with Crippen molar-refractivity contribution in [2.45, 2.75) is 13.8 Å². The second kappa shape index (κ2) is 8.19. The molecule has 0 aliphatic carbocycles. The molecule has 0 aliphatic rings. The van der Waals surface area contributed by atoms with E-state index in [0.717, 1.165) is 17.1 Å². The Labute approximate surface area is 157 Å². The summed E-state index contributed by atoms with van der Waals surface area (Å²) in [4.78, 5) is 11.2. The molecule has 3 aromatic carbocycles. The maximum atomic E-state index is 11.2. The van der Waals surface area contributed by atoms with Gasteiger partial charge in [0.25, 0.3) is 0 Å². The van der Waals surface area contributed by atoms with Crippen LogP contribution in [-0.2, 0) is 0 Å². The summed E-state index contributed by atoms with van der Waals surface area (Å²) in [6.45, 7) is 4.12. The number of carbonyl (C=O) groups is 1. The lowest BCUT2D eigenvalue weighted by Gasteiger charge is -2.08. The summed E-state index contributed by atoms with van der Waals surface area (Å²) in [5.41, 5.74) is 6.66. The van der Waals surface area contributed by atoms with Crippen LogP contribution in [-0.4, -0.2) is 17.3 Å². The van der Waals surface area contributed by atoms with Crippen molar-refractivity contribution >= 4 is 17.9 Å². The van der Waals surface area contributed by atoms with Crippen molar-refractivity contribution in [3.8, 4) is 11.5 Å². The van der Waals surface area contributed by atoms with Crippen LogP contribution < -0.4 is 10.2 Å². The van der Waals surface area contributed by atoms with E-state index in [4.69, 9.17) is 9.84 Å². The second-order valence-electron chi connectivity index (χ2n) is 6.14. The normalized spacial score (nSPS) is 10.7. The number of nitrogens with zero attached hydrogens (tertiary/aromatic N) is 1. The van der Waals surface area contributed by atoms with Crippen LogP contribution in [0.1, 0.15) is 27.0 Å². The van der Waals surface area contributed by atoms with E-state index in [-0.39, 0.29) is 5.56 Å². The van der Waals surface area contributed by atoms with Gasteiger partial charge in [0, 0.05) is 0 Å². The highest BCUT2D eigenvalue weighted by Crippen LogP contribution is 2.23. The molecule has 27 heavy (non-hydrogen) atoms. The summed E-state index contributed by atoms with van der Waals surface area (Å²) in [6.07, 6.45) is 1.62. The number of ether oxygens (including phenoxy) is 1. The molecule has 136 valence electrons. The number of nitrogens with one attached hydrogen (secondary N) is 1. The maximum absolute atomic E-state index is 11.2. The van der Waals surface area contributed by atoms with Crippen molar-refractivity contribution in [3.05, 3.63) is 89.0 Å². The first-order valence-corrected chi connectivity index (χ1v) is 8.49. The molecule has 5 nitrogen and oxygen atoms in total. The Morgan fingerprint density at radius 1 is 0.963 bits per heavy atom. The van der Waals surface area contributed by atoms with Crippen LogP contribution in [0.15, 0.2) is 71.8 Å². The monoisotopic (exact) mass is 360 g/mol. The quantitative estimate of drug-likeness (QED) is 0.466. The number of benzene rings is 3. The molecule has 0 saturated carbocycles. The first-order valence-electron chi connectivity index (χ1n) is 8.49. The lowest BCUT2D eigenvalue weighted by molar-refractivity contribution is 0.0698. The minimum atomic E-state index is -0.999. The van der Waals surface area contributed by atoms with Gasteiger partial charge < -0.3 is 9.84 Å². The van der Waals surface area contributed by atoms with Crippen LogP contribution in [0.4, 0.5) is 5.69 Å². The predicted octanol–water partition coefficient (Wildman–Crippen LogP) is 5.24.